The lowest BCUT2D eigenvalue weighted by molar-refractivity contribution is 0.200. The van der Waals surface area contributed by atoms with E-state index in [1.807, 2.05) is 12.2 Å². The topological polar surface area (TPSA) is 18.5 Å². The molecule has 1 aromatic carbocycles. The molecule has 17 heavy (non-hydrogen) atoms. The van der Waals surface area contributed by atoms with Gasteiger partial charge in [-0.05, 0) is 30.2 Å². The number of halogens is 1. The van der Waals surface area contributed by atoms with Crippen molar-refractivity contribution in [1.82, 2.24) is 0 Å². The highest BCUT2D eigenvalue weighted by atomic mass is 19.1. The second-order valence-electron chi connectivity index (χ2n) is 3.88. The summed E-state index contributed by atoms with van der Waals surface area (Å²) in [6, 6.07) is 6.31. The number of methoxy groups -OCH3 is 1. The average Bonchev–Trinajstić information content (AvgIpc) is 2.38. The van der Waals surface area contributed by atoms with Gasteiger partial charge in [0.15, 0.2) is 0 Å². The lowest BCUT2D eigenvalue weighted by Crippen LogP contribution is -1.99. The zero-order chi connectivity index (χ0) is 12.1. The number of ether oxygens (including phenoxy) is 2. The number of allylic oxidation sites excluding steroid dienone is 3. The minimum Gasteiger partial charge on any atom is -0.501 e. The van der Waals surface area contributed by atoms with E-state index in [0.717, 1.165) is 29.9 Å². The SMILES string of the molecule is COC1=CC(OCc2ccc(F)cc2)=CCC1. The Morgan fingerprint density at radius 3 is 2.71 bits per heavy atom. The Morgan fingerprint density at radius 2 is 2.00 bits per heavy atom. The van der Waals surface area contributed by atoms with Crippen LogP contribution < -0.4 is 0 Å². The zero-order valence-electron chi connectivity index (χ0n) is 9.78. The van der Waals surface area contributed by atoms with E-state index < -0.39 is 0 Å². The van der Waals surface area contributed by atoms with Crippen LogP contribution in [0.1, 0.15) is 18.4 Å². The van der Waals surface area contributed by atoms with Crippen LogP contribution in [0.15, 0.2) is 47.9 Å². The zero-order valence-corrected chi connectivity index (χ0v) is 9.78. The molecular weight excluding hydrogens is 219 g/mol. The monoisotopic (exact) mass is 234 g/mol. The lowest BCUT2D eigenvalue weighted by Gasteiger charge is -2.14. The number of hydrogen-bond donors (Lipinski definition) is 0. The van der Waals surface area contributed by atoms with Crippen LogP contribution in [0.4, 0.5) is 4.39 Å². The third-order valence-corrected chi connectivity index (χ3v) is 2.62. The summed E-state index contributed by atoms with van der Waals surface area (Å²) >= 11 is 0. The first-order chi connectivity index (χ1) is 8.28. The molecule has 0 aromatic heterocycles. The molecule has 0 radical (unpaired) electrons. The standard InChI is InChI=1S/C14H15FO2/c1-16-13-3-2-4-14(9-13)17-10-11-5-7-12(15)8-6-11/h4-9H,2-3,10H2,1H3. The second kappa shape index (κ2) is 5.53. The predicted molar refractivity (Wildman–Crippen MR) is 63.6 cm³/mol. The van der Waals surface area contributed by atoms with E-state index in [1.54, 1.807) is 19.2 Å². The molecule has 0 bridgehead atoms. The Morgan fingerprint density at radius 1 is 1.24 bits per heavy atom. The van der Waals surface area contributed by atoms with Crippen molar-refractivity contribution in [3.63, 3.8) is 0 Å². The third-order valence-electron chi connectivity index (χ3n) is 2.62. The number of rotatable bonds is 4. The minimum absolute atomic E-state index is 0.229. The van der Waals surface area contributed by atoms with Gasteiger partial charge in [0.25, 0.3) is 0 Å². The van der Waals surface area contributed by atoms with Crippen molar-refractivity contribution in [2.75, 3.05) is 7.11 Å². The molecule has 2 rings (SSSR count). The molecule has 0 fully saturated rings. The highest BCUT2D eigenvalue weighted by molar-refractivity contribution is 5.21. The normalized spacial score (nSPS) is 14.9. The summed E-state index contributed by atoms with van der Waals surface area (Å²) in [6.45, 7) is 0.444. The smallest absolute Gasteiger partial charge is 0.123 e. The van der Waals surface area contributed by atoms with Crippen molar-refractivity contribution >= 4 is 0 Å². The molecule has 1 aromatic rings. The molecule has 0 atom stereocenters. The van der Waals surface area contributed by atoms with Gasteiger partial charge >= 0.3 is 0 Å². The summed E-state index contributed by atoms with van der Waals surface area (Å²) in [7, 11) is 1.66. The van der Waals surface area contributed by atoms with Gasteiger partial charge in [0, 0.05) is 12.5 Å². The maximum absolute atomic E-state index is 12.7. The summed E-state index contributed by atoms with van der Waals surface area (Å²) in [6.07, 6.45) is 5.78. The van der Waals surface area contributed by atoms with Gasteiger partial charge in [-0.1, -0.05) is 12.1 Å². The van der Waals surface area contributed by atoms with E-state index in [9.17, 15) is 4.39 Å². The molecule has 0 saturated heterocycles. The lowest BCUT2D eigenvalue weighted by atomic mass is 10.1. The van der Waals surface area contributed by atoms with Crippen LogP contribution in [0, 0.1) is 5.82 Å². The molecule has 1 aliphatic rings. The van der Waals surface area contributed by atoms with Gasteiger partial charge in [0.2, 0.25) is 0 Å². The Hall–Kier alpha value is -1.77. The highest BCUT2D eigenvalue weighted by Crippen LogP contribution is 2.19. The van der Waals surface area contributed by atoms with Crippen molar-refractivity contribution in [3.05, 3.63) is 59.3 Å². The fourth-order valence-corrected chi connectivity index (χ4v) is 1.66. The van der Waals surface area contributed by atoms with Crippen LogP contribution in [0.3, 0.4) is 0 Å². The van der Waals surface area contributed by atoms with Gasteiger partial charge in [-0.15, -0.1) is 0 Å². The van der Waals surface area contributed by atoms with Crippen LogP contribution in [0.5, 0.6) is 0 Å². The molecular formula is C14H15FO2. The molecule has 0 spiro atoms. The van der Waals surface area contributed by atoms with E-state index in [2.05, 4.69) is 0 Å². The van der Waals surface area contributed by atoms with E-state index in [0.29, 0.717) is 6.61 Å². The van der Waals surface area contributed by atoms with E-state index in [1.165, 1.54) is 12.1 Å². The predicted octanol–water partition coefficient (Wildman–Crippen LogP) is 3.55. The van der Waals surface area contributed by atoms with Crippen molar-refractivity contribution in [2.45, 2.75) is 19.4 Å². The van der Waals surface area contributed by atoms with Gasteiger partial charge in [-0.2, -0.15) is 0 Å². The number of hydrogen-bond acceptors (Lipinski definition) is 2. The third kappa shape index (κ3) is 3.34. The molecule has 0 unspecified atom stereocenters. The van der Waals surface area contributed by atoms with Crippen LogP contribution >= 0.6 is 0 Å². The second-order valence-corrected chi connectivity index (χ2v) is 3.88. The highest BCUT2D eigenvalue weighted by Gasteiger charge is 2.06. The first-order valence-corrected chi connectivity index (χ1v) is 5.60. The largest absolute Gasteiger partial charge is 0.501 e. The minimum atomic E-state index is -0.229. The van der Waals surface area contributed by atoms with Crippen molar-refractivity contribution < 1.29 is 13.9 Å². The fourth-order valence-electron chi connectivity index (χ4n) is 1.66. The van der Waals surface area contributed by atoms with Gasteiger partial charge < -0.3 is 9.47 Å². The average molecular weight is 234 g/mol. The van der Waals surface area contributed by atoms with Gasteiger partial charge in [-0.3, -0.25) is 0 Å². The Kier molecular flexibility index (Phi) is 3.81. The maximum Gasteiger partial charge on any atom is 0.123 e. The molecule has 0 N–H and O–H groups in total. The summed E-state index contributed by atoms with van der Waals surface area (Å²) in [5, 5.41) is 0. The van der Waals surface area contributed by atoms with Crippen LogP contribution in [0.2, 0.25) is 0 Å². The molecule has 0 heterocycles. The summed E-state index contributed by atoms with van der Waals surface area (Å²) in [5.41, 5.74) is 0.949. The molecule has 0 aliphatic heterocycles. The molecule has 1 aliphatic carbocycles. The molecule has 0 saturated carbocycles. The van der Waals surface area contributed by atoms with Gasteiger partial charge in [0.1, 0.15) is 18.2 Å². The molecule has 3 heteroatoms. The van der Waals surface area contributed by atoms with Crippen LogP contribution in [-0.4, -0.2) is 7.11 Å². The van der Waals surface area contributed by atoms with Gasteiger partial charge in [-0.25, -0.2) is 4.39 Å². The van der Waals surface area contributed by atoms with E-state index in [-0.39, 0.29) is 5.82 Å². The number of benzene rings is 1. The van der Waals surface area contributed by atoms with Gasteiger partial charge in [0.05, 0.1) is 12.9 Å². The van der Waals surface area contributed by atoms with E-state index in [4.69, 9.17) is 9.47 Å². The van der Waals surface area contributed by atoms with Crippen LogP contribution in [0.25, 0.3) is 0 Å². The van der Waals surface area contributed by atoms with Crippen molar-refractivity contribution in [2.24, 2.45) is 0 Å². The maximum atomic E-state index is 12.7. The van der Waals surface area contributed by atoms with Crippen LogP contribution in [-0.2, 0) is 16.1 Å². The molecule has 0 amide bonds. The Labute approximate surface area is 100 Å². The first kappa shape index (κ1) is 11.7. The first-order valence-electron chi connectivity index (χ1n) is 5.60. The summed E-state index contributed by atoms with van der Waals surface area (Å²) in [5.74, 6) is 1.52. The Balaban J connectivity index is 1.92. The van der Waals surface area contributed by atoms with Crippen molar-refractivity contribution in [1.29, 1.82) is 0 Å². The summed E-state index contributed by atoms with van der Waals surface area (Å²) < 4.78 is 23.5. The Bertz CT molecular complexity index is 432. The fraction of sp³-hybridized carbons (Fsp3) is 0.286. The van der Waals surface area contributed by atoms with E-state index >= 15 is 0 Å². The quantitative estimate of drug-likeness (QED) is 0.793. The molecule has 90 valence electrons. The summed E-state index contributed by atoms with van der Waals surface area (Å²) in [4.78, 5) is 0. The van der Waals surface area contributed by atoms with Crippen molar-refractivity contribution in [3.8, 4) is 0 Å². The molecule has 2 nitrogen and oxygen atoms in total.